The molecule has 1 amide bonds. The first-order chi connectivity index (χ1) is 7.06. The predicted octanol–water partition coefficient (Wildman–Crippen LogP) is 1.69. The van der Waals surface area contributed by atoms with Crippen molar-refractivity contribution in [1.29, 1.82) is 0 Å². The minimum Gasteiger partial charge on any atom is -0.398 e. The van der Waals surface area contributed by atoms with Gasteiger partial charge in [0.2, 0.25) is 0 Å². The zero-order chi connectivity index (χ0) is 11.4. The Morgan fingerprint density at radius 3 is 2.60 bits per heavy atom. The predicted molar refractivity (Wildman–Crippen MR) is 53.4 cm³/mol. The van der Waals surface area contributed by atoms with E-state index in [-0.39, 0.29) is 11.3 Å². The van der Waals surface area contributed by atoms with Crippen LogP contribution in [0.2, 0.25) is 0 Å². The van der Waals surface area contributed by atoms with Gasteiger partial charge >= 0.3 is 0 Å². The van der Waals surface area contributed by atoms with Crippen LogP contribution in [0.3, 0.4) is 0 Å². The average Bonchev–Trinajstić information content (AvgIpc) is 2.20. The summed E-state index contributed by atoms with van der Waals surface area (Å²) in [6.45, 7) is 2.35. The molecule has 1 rings (SSSR count). The van der Waals surface area contributed by atoms with Gasteiger partial charge in [0.1, 0.15) is 0 Å². The van der Waals surface area contributed by atoms with Crippen molar-refractivity contribution in [2.45, 2.75) is 13.3 Å². The van der Waals surface area contributed by atoms with Crippen LogP contribution in [-0.4, -0.2) is 12.5 Å². The van der Waals surface area contributed by atoms with Gasteiger partial charge < -0.3 is 11.1 Å². The van der Waals surface area contributed by atoms with E-state index in [1.54, 1.807) is 0 Å². The number of anilines is 1. The second kappa shape index (κ2) is 4.72. The van der Waals surface area contributed by atoms with Crippen LogP contribution in [0.25, 0.3) is 0 Å². The van der Waals surface area contributed by atoms with Gasteiger partial charge in [0.05, 0.1) is 5.56 Å². The first kappa shape index (κ1) is 11.4. The molecule has 0 saturated heterocycles. The second-order valence-corrected chi connectivity index (χ2v) is 3.11. The SMILES string of the molecule is CCCNC(=O)c1cc(F)c(F)cc1N. The number of nitrogens with two attached hydrogens (primary N) is 1. The first-order valence-corrected chi connectivity index (χ1v) is 4.59. The highest BCUT2D eigenvalue weighted by Gasteiger charge is 2.13. The van der Waals surface area contributed by atoms with E-state index >= 15 is 0 Å². The lowest BCUT2D eigenvalue weighted by Crippen LogP contribution is -2.25. The molecule has 1 aromatic rings. The standard InChI is InChI=1S/C10H12F2N2O/c1-2-3-14-10(15)6-4-7(11)8(12)5-9(6)13/h4-5H,2-3,13H2,1H3,(H,14,15). The van der Waals surface area contributed by atoms with Crippen molar-refractivity contribution in [3.63, 3.8) is 0 Å². The molecule has 0 spiro atoms. The summed E-state index contributed by atoms with van der Waals surface area (Å²) in [6.07, 6.45) is 0.759. The largest absolute Gasteiger partial charge is 0.398 e. The molecule has 1 aromatic carbocycles. The Kier molecular flexibility index (Phi) is 3.60. The van der Waals surface area contributed by atoms with Gasteiger partial charge in [0.25, 0.3) is 5.91 Å². The fourth-order valence-corrected chi connectivity index (χ4v) is 1.09. The lowest BCUT2D eigenvalue weighted by atomic mass is 10.1. The summed E-state index contributed by atoms with van der Waals surface area (Å²) in [4.78, 5) is 11.4. The van der Waals surface area contributed by atoms with E-state index < -0.39 is 17.5 Å². The molecule has 0 saturated carbocycles. The van der Waals surface area contributed by atoms with Crippen LogP contribution >= 0.6 is 0 Å². The molecular formula is C10H12F2N2O. The third-order valence-corrected chi connectivity index (χ3v) is 1.87. The van der Waals surface area contributed by atoms with Gasteiger partial charge in [-0.15, -0.1) is 0 Å². The quantitative estimate of drug-likeness (QED) is 0.752. The molecule has 0 aliphatic rings. The molecule has 5 heteroatoms. The van der Waals surface area contributed by atoms with E-state index in [0.717, 1.165) is 18.6 Å². The van der Waals surface area contributed by atoms with Gasteiger partial charge in [-0.2, -0.15) is 0 Å². The van der Waals surface area contributed by atoms with Gasteiger partial charge in [-0.05, 0) is 12.5 Å². The molecule has 82 valence electrons. The van der Waals surface area contributed by atoms with E-state index in [9.17, 15) is 13.6 Å². The van der Waals surface area contributed by atoms with Crippen molar-refractivity contribution in [2.24, 2.45) is 0 Å². The normalized spacial score (nSPS) is 10.1. The van der Waals surface area contributed by atoms with Crippen LogP contribution < -0.4 is 11.1 Å². The number of amides is 1. The van der Waals surface area contributed by atoms with E-state index in [0.29, 0.717) is 6.54 Å². The van der Waals surface area contributed by atoms with Gasteiger partial charge in [0.15, 0.2) is 11.6 Å². The fraction of sp³-hybridized carbons (Fsp3) is 0.300. The smallest absolute Gasteiger partial charge is 0.253 e. The lowest BCUT2D eigenvalue weighted by Gasteiger charge is -2.06. The zero-order valence-electron chi connectivity index (χ0n) is 8.31. The summed E-state index contributed by atoms with van der Waals surface area (Å²) in [5.41, 5.74) is 5.29. The average molecular weight is 214 g/mol. The molecule has 0 bridgehead atoms. The van der Waals surface area contributed by atoms with Gasteiger partial charge in [-0.3, -0.25) is 4.79 Å². The number of nitrogen functional groups attached to an aromatic ring is 1. The molecular weight excluding hydrogens is 202 g/mol. The molecule has 0 aromatic heterocycles. The lowest BCUT2D eigenvalue weighted by molar-refractivity contribution is 0.0954. The van der Waals surface area contributed by atoms with Crippen LogP contribution in [0, 0.1) is 11.6 Å². The van der Waals surface area contributed by atoms with Gasteiger partial charge in [-0.1, -0.05) is 6.92 Å². The van der Waals surface area contributed by atoms with E-state index in [4.69, 9.17) is 5.73 Å². The number of halogens is 2. The van der Waals surface area contributed by atoms with Crippen molar-refractivity contribution in [1.82, 2.24) is 5.32 Å². The molecule has 0 atom stereocenters. The van der Waals surface area contributed by atoms with Gasteiger partial charge in [0, 0.05) is 18.3 Å². The molecule has 0 fully saturated rings. The Balaban J connectivity index is 2.94. The summed E-state index contributed by atoms with van der Waals surface area (Å²) < 4.78 is 25.5. The van der Waals surface area contributed by atoms with Crippen LogP contribution in [0.5, 0.6) is 0 Å². The molecule has 3 N–H and O–H groups in total. The number of benzene rings is 1. The Hall–Kier alpha value is -1.65. The van der Waals surface area contributed by atoms with E-state index in [2.05, 4.69) is 5.32 Å². The second-order valence-electron chi connectivity index (χ2n) is 3.11. The molecule has 3 nitrogen and oxygen atoms in total. The maximum atomic E-state index is 12.8. The number of nitrogens with one attached hydrogen (secondary N) is 1. The van der Waals surface area contributed by atoms with Crippen molar-refractivity contribution in [3.05, 3.63) is 29.3 Å². The van der Waals surface area contributed by atoms with Crippen molar-refractivity contribution >= 4 is 11.6 Å². The third-order valence-electron chi connectivity index (χ3n) is 1.87. The number of carbonyl (C=O) groups is 1. The maximum Gasteiger partial charge on any atom is 0.253 e. The Morgan fingerprint density at radius 2 is 2.00 bits per heavy atom. The van der Waals surface area contributed by atoms with Crippen LogP contribution in [0.15, 0.2) is 12.1 Å². The number of hydrogen-bond acceptors (Lipinski definition) is 2. The zero-order valence-corrected chi connectivity index (χ0v) is 8.31. The highest BCUT2D eigenvalue weighted by molar-refractivity contribution is 5.99. The van der Waals surface area contributed by atoms with Crippen LogP contribution in [-0.2, 0) is 0 Å². The molecule has 0 radical (unpaired) electrons. The monoisotopic (exact) mass is 214 g/mol. The Morgan fingerprint density at radius 1 is 1.40 bits per heavy atom. The molecule has 0 unspecified atom stereocenters. The van der Waals surface area contributed by atoms with Gasteiger partial charge in [-0.25, -0.2) is 8.78 Å². The minimum absolute atomic E-state index is 0.0395. The van der Waals surface area contributed by atoms with E-state index in [1.807, 2.05) is 6.92 Å². The minimum atomic E-state index is -1.08. The Bertz CT molecular complexity index is 380. The van der Waals surface area contributed by atoms with Crippen molar-refractivity contribution in [3.8, 4) is 0 Å². The summed E-state index contributed by atoms with van der Waals surface area (Å²) in [7, 11) is 0. The summed E-state index contributed by atoms with van der Waals surface area (Å²) in [5, 5.41) is 2.53. The van der Waals surface area contributed by atoms with E-state index in [1.165, 1.54) is 0 Å². The third kappa shape index (κ3) is 2.65. The van der Waals surface area contributed by atoms with Crippen molar-refractivity contribution < 1.29 is 13.6 Å². The molecule has 0 aliphatic heterocycles. The Labute approximate surface area is 86.3 Å². The first-order valence-electron chi connectivity index (χ1n) is 4.59. The topological polar surface area (TPSA) is 55.1 Å². The molecule has 0 aliphatic carbocycles. The molecule has 0 heterocycles. The number of rotatable bonds is 3. The summed E-state index contributed by atoms with van der Waals surface area (Å²) in [5.74, 6) is -2.63. The van der Waals surface area contributed by atoms with Crippen LogP contribution in [0.1, 0.15) is 23.7 Å². The van der Waals surface area contributed by atoms with Crippen molar-refractivity contribution in [2.75, 3.05) is 12.3 Å². The van der Waals surface area contributed by atoms with Crippen LogP contribution in [0.4, 0.5) is 14.5 Å². The number of carbonyl (C=O) groups excluding carboxylic acids is 1. The highest BCUT2D eigenvalue weighted by Crippen LogP contribution is 2.16. The molecule has 15 heavy (non-hydrogen) atoms. The summed E-state index contributed by atoms with van der Waals surface area (Å²) >= 11 is 0. The number of hydrogen-bond donors (Lipinski definition) is 2. The maximum absolute atomic E-state index is 12.8. The fourth-order valence-electron chi connectivity index (χ4n) is 1.09. The highest BCUT2D eigenvalue weighted by atomic mass is 19.2. The summed E-state index contributed by atoms with van der Waals surface area (Å²) in [6, 6.07) is 1.60.